The van der Waals surface area contributed by atoms with Crippen LogP contribution in [0.5, 0.6) is 5.75 Å². The molecule has 0 saturated heterocycles. The molecule has 0 aliphatic heterocycles. The van der Waals surface area contributed by atoms with E-state index >= 15 is 0 Å². The van der Waals surface area contributed by atoms with Crippen molar-refractivity contribution in [3.8, 4) is 16.9 Å². The number of rotatable bonds is 7. The highest BCUT2D eigenvalue weighted by molar-refractivity contribution is 7.89. The Balaban J connectivity index is 1.73. The van der Waals surface area contributed by atoms with Gasteiger partial charge in [0, 0.05) is 11.4 Å². The third-order valence-corrected chi connectivity index (χ3v) is 6.93. The first-order chi connectivity index (χ1) is 13.8. The van der Waals surface area contributed by atoms with Gasteiger partial charge in [0.2, 0.25) is 10.0 Å². The Kier molecular flexibility index (Phi) is 6.36. The Morgan fingerprint density at radius 3 is 2.48 bits per heavy atom. The van der Waals surface area contributed by atoms with Crippen molar-refractivity contribution in [1.82, 2.24) is 10.0 Å². The minimum atomic E-state index is -3.52. The van der Waals surface area contributed by atoms with E-state index in [-0.39, 0.29) is 17.3 Å². The van der Waals surface area contributed by atoms with Gasteiger partial charge in [-0.3, -0.25) is 4.79 Å². The van der Waals surface area contributed by atoms with E-state index in [0.29, 0.717) is 10.4 Å². The summed E-state index contributed by atoms with van der Waals surface area (Å²) in [5.41, 5.74) is 2.73. The van der Waals surface area contributed by atoms with Gasteiger partial charge >= 0.3 is 0 Å². The normalized spacial score (nSPS) is 11.3. The summed E-state index contributed by atoms with van der Waals surface area (Å²) in [6.45, 7) is 2.22. The van der Waals surface area contributed by atoms with E-state index in [1.54, 1.807) is 25.3 Å². The summed E-state index contributed by atoms with van der Waals surface area (Å²) in [7, 11) is -0.532. The topological polar surface area (TPSA) is 84.5 Å². The predicted octanol–water partition coefficient (Wildman–Crippen LogP) is 3.57. The molecule has 8 heteroatoms. The average molecular weight is 431 g/mol. The lowest BCUT2D eigenvalue weighted by Crippen LogP contribution is -2.22. The van der Waals surface area contributed by atoms with Crippen LogP contribution in [0.1, 0.15) is 20.1 Å². The van der Waals surface area contributed by atoms with Crippen molar-refractivity contribution >= 4 is 27.3 Å². The molecule has 0 saturated carbocycles. The molecule has 0 radical (unpaired) electrons. The van der Waals surface area contributed by atoms with Gasteiger partial charge in [-0.25, -0.2) is 13.1 Å². The highest BCUT2D eigenvalue weighted by atomic mass is 32.2. The zero-order chi connectivity index (χ0) is 21.0. The Morgan fingerprint density at radius 2 is 1.83 bits per heavy atom. The number of amides is 1. The number of methoxy groups -OCH3 is 1. The minimum Gasteiger partial charge on any atom is -0.497 e. The van der Waals surface area contributed by atoms with Gasteiger partial charge in [-0.05, 0) is 61.0 Å². The number of sulfonamides is 1. The van der Waals surface area contributed by atoms with Crippen LogP contribution in [0.4, 0.5) is 0 Å². The van der Waals surface area contributed by atoms with Crippen molar-refractivity contribution in [2.24, 2.45) is 0 Å². The monoisotopic (exact) mass is 430 g/mol. The van der Waals surface area contributed by atoms with Crippen molar-refractivity contribution in [3.05, 3.63) is 69.9 Å². The predicted molar refractivity (Wildman–Crippen MR) is 115 cm³/mol. The Labute approximate surface area is 174 Å². The van der Waals surface area contributed by atoms with Gasteiger partial charge in [0.1, 0.15) is 5.75 Å². The number of carbonyl (C=O) groups excluding carboxylic acids is 1. The summed E-state index contributed by atoms with van der Waals surface area (Å²) in [6.07, 6.45) is 0. The molecule has 29 heavy (non-hydrogen) atoms. The molecule has 152 valence electrons. The van der Waals surface area contributed by atoms with Crippen LogP contribution in [-0.4, -0.2) is 28.5 Å². The van der Waals surface area contributed by atoms with Crippen LogP contribution in [0, 0.1) is 6.92 Å². The highest BCUT2D eigenvalue weighted by Gasteiger charge is 2.15. The first kappa shape index (κ1) is 21.0. The minimum absolute atomic E-state index is 0.167. The fraction of sp³-hybridized carbons (Fsp3) is 0.190. The number of benzene rings is 2. The molecule has 3 rings (SSSR count). The molecule has 0 unspecified atom stereocenters. The Bertz CT molecular complexity index is 1120. The zero-order valence-electron chi connectivity index (χ0n) is 16.4. The van der Waals surface area contributed by atoms with Gasteiger partial charge in [-0.2, -0.15) is 0 Å². The third-order valence-electron chi connectivity index (χ3n) is 4.47. The molecule has 2 aromatic carbocycles. The van der Waals surface area contributed by atoms with Gasteiger partial charge in [0.05, 0.1) is 16.9 Å². The number of ether oxygens (including phenoxy) is 1. The van der Waals surface area contributed by atoms with Crippen LogP contribution in [0.15, 0.2) is 59.5 Å². The van der Waals surface area contributed by atoms with E-state index in [1.807, 2.05) is 37.3 Å². The highest BCUT2D eigenvalue weighted by Crippen LogP contribution is 2.32. The molecule has 6 nitrogen and oxygen atoms in total. The summed E-state index contributed by atoms with van der Waals surface area (Å²) < 4.78 is 31.3. The van der Waals surface area contributed by atoms with E-state index in [0.717, 1.165) is 21.8 Å². The summed E-state index contributed by atoms with van der Waals surface area (Å²) in [5, 5.41) is 2.86. The number of aryl methyl sites for hydroxylation is 1. The fourth-order valence-electron chi connectivity index (χ4n) is 2.86. The quantitative estimate of drug-likeness (QED) is 0.600. The van der Waals surface area contributed by atoms with Gasteiger partial charge in [-0.15, -0.1) is 11.3 Å². The van der Waals surface area contributed by atoms with Gasteiger partial charge in [0.15, 0.2) is 0 Å². The summed E-state index contributed by atoms with van der Waals surface area (Å²) in [6, 6.07) is 16.1. The Morgan fingerprint density at radius 1 is 1.10 bits per heavy atom. The van der Waals surface area contributed by atoms with Crippen LogP contribution in [-0.2, 0) is 16.6 Å². The molecule has 0 bridgehead atoms. The van der Waals surface area contributed by atoms with E-state index in [9.17, 15) is 13.2 Å². The summed E-state index contributed by atoms with van der Waals surface area (Å²) >= 11 is 1.42. The van der Waals surface area contributed by atoms with Crippen molar-refractivity contribution < 1.29 is 17.9 Å². The zero-order valence-corrected chi connectivity index (χ0v) is 18.0. The molecule has 1 amide bonds. The molecule has 0 aliphatic carbocycles. The van der Waals surface area contributed by atoms with Crippen molar-refractivity contribution in [1.29, 1.82) is 0 Å². The smallest absolute Gasteiger partial charge is 0.261 e. The van der Waals surface area contributed by atoms with Gasteiger partial charge in [0.25, 0.3) is 5.91 Å². The SMILES string of the molecule is CNS(=O)(=O)c1cccc(CNC(=O)c2cc(-c3ccc(OC)cc3)c(C)s2)c1. The lowest BCUT2D eigenvalue weighted by atomic mass is 10.1. The second-order valence-electron chi connectivity index (χ2n) is 6.35. The molecule has 0 aliphatic rings. The van der Waals surface area contributed by atoms with Crippen molar-refractivity contribution in [2.75, 3.05) is 14.2 Å². The third kappa shape index (κ3) is 4.84. The fourth-order valence-corrected chi connectivity index (χ4v) is 4.62. The van der Waals surface area contributed by atoms with Crippen LogP contribution >= 0.6 is 11.3 Å². The molecule has 2 N–H and O–H groups in total. The molecule has 0 spiro atoms. The standard InChI is InChI=1S/C21H22N2O4S2/c1-14-19(16-7-9-17(27-3)10-8-16)12-20(28-14)21(24)23-13-15-5-4-6-18(11-15)29(25,26)22-2/h4-12,22H,13H2,1-3H3,(H,23,24). The van der Waals surface area contributed by atoms with E-state index in [4.69, 9.17) is 4.74 Å². The first-order valence-corrected chi connectivity index (χ1v) is 11.2. The second kappa shape index (κ2) is 8.77. The molecule has 1 aromatic heterocycles. The lowest BCUT2D eigenvalue weighted by molar-refractivity contribution is 0.0955. The molecule has 1 heterocycles. The number of hydrogen-bond donors (Lipinski definition) is 2. The first-order valence-electron chi connectivity index (χ1n) is 8.89. The van der Waals surface area contributed by atoms with Crippen LogP contribution < -0.4 is 14.8 Å². The molecular formula is C21H22N2O4S2. The van der Waals surface area contributed by atoms with Crippen molar-refractivity contribution in [2.45, 2.75) is 18.4 Å². The second-order valence-corrected chi connectivity index (χ2v) is 9.49. The largest absolute Gasteiger partial charge is 0.497 e. The molecule has 0 fully saturated rings. The van der Waals surface area contributed by atoms with E-state index in [1.165, 1.54) is 24.5 Å². The summed E-state index contributed by atoms with van der Waals surface area (Å²) in [4.78, 5) is 14.4. The number of hydrogen-bond acceptors (Lipinski definition) is 5. The average Bonchev–Trinajstić information content (AvgIpc) is 3.14. The van der Waals surface area contributed by atoms with E-state index in [2.05, 4.69) is 10.0 Å². The van der Waals surface area contributed by atoms with Gasteiger partial charge < -0.3 is 10.1 Å². The van der Waals surface area contributed by atoms with Gasteiger partial charge in [-0.1, -0.05) is 24.3 Å². The molecule has 0 atom stereocenters. The van der Waals surface area contributed by atoms with Crippen molar-refractivity contribution in [3.63, 3.8) is 0 Å². The maximum atomic E-state index is 12.6. The van der Waals surface area contributed by atoms with Crippen LogP contribution in [0.2, 0.25) is 0 Å². The number of thiophene rings is 1. The maximum absolute atomic E-state index is 12.6. The van der Waals surface area contributed by atoms with Crippen LogP contribution in [0.3, 0.4) is 0 Å². The maximum Gasteiger partial charge on any atom is 0.261 e. The van der Waals surface area contributed by atoms with Crippen LogP contribution in [0.25, 0.3) is 11.1 Å². The number of nitrogens with one attached hydrogen (secondary N) is 2. The summed E-state index contributed by atoms with van der Waals surface area (Å²) in [5.74, 6) is 0.585. The Hall–Kier alpha value is -2.68. The molecule has 3 aromatic rings. The molecular weight excluding hydrogens is 408 g/mol. The van der Waals surface area contributed by atoms with E-state index < -0.39 is 10.0 Å². The number of carbonyl (C=O) groups is 1. The lowest BCUT2D eigenvalue weighted by Gasteiger charge is -2.07.